The zero-order chi connectivity index (χ0) is 14.5. The smallest absolute Gasteiger partial charge is 0.393 e. The number of hydrogen-bond donors (Lipinski definition) is 3. The molecule has 0 radical (unpaired) electrons. The highest BCUT2D eigenvalue weighted by atomic mass is 19.4. The van der Waals surface area contributed by atoms with E-state index in [0.717, 1.165) is 12.1 Å². The number of hydrogen-bond acceptors (Lipinski definition) is 4. The van der Waals surface area contributed by atoms with Crippen LogP contribution in [0, 0.1) is 0 Å². The molecule has 0 spiro atoms. The molecule has 3 N–H and O–H groups in total. The lowest BCUT2D eigenvalue weighted by Crippen LogP contribution is -2.14. The summed E-state index contributed by atoms with van der Waals surface area (Å²) >= 11 is 0. The Balaban J connectivity index is 2.77. The van der Waals surface area contributed by atoms with Gasteiger partial charge in [0.2, 0.25) is 0 Å². The molecule has 0 aliphatic carbocycles. The number of nitrogens with zero attached hydrogens (tertiary/aromatic N) is 1. The van der Waals surface area contributed by atoms with Crippen LogP contribution in [0.3, 0.4) is 0 Å². The second-order valence-corrected chi connectivity index (χ2v) is 4.15. The molecule has 7 heteroatoms. The number of halogens is 3. The molecule has 1 rings (SSSR count). The minimum Gasteiger partial charge on any atom is -0.393 e. The molecule has 1 heterocycles. The van der Waals surface area contributed by atoms with E-state index in [1.807, 2.05) is 6.92 Å². The summed E-state index contributed by atoms with van der Waals surface area (Å²) in [7, 11) is 1.51. The minimum atomic E-state index is -4.41. The number of rotatable bonds is 6. The van der Waals surface area contributed by atoms with Crippen molar-refractivity contribution in [3.8, 4) is 0 Å². The third kappa shape index (κ3) is 4.94. The molecule has 1 atom stereocenters. The molecule has 19 heavy (non-hydrogen) atoms. The van der Waals surface area contributed by atoms with Gasteiger partial charge in [0.05, 0.1) is 11.7 Å². The van der Waals surface area contributed by atoms with Gasteiger partial charge in [0.1, 0.15) is 11.6 Å². The molecule has 4 nitrogen and oxygen atoms in total. The van der Waals surface area contributed by atoms with Gasteiger partial charge in [-0.2, -0.15) is 13.2 Å². The quantitative estimate of drug-likeness (QED) is 0.748. The van der Waals surface area contributed by atoms with Crippen LogP contribution in [0.1, 0.15) is 25.3 Å². The summed E-state index contributed by atoms with van der Waals surface area (Å²) in [5.41, 5.74) is -0.759. The first-order valence-electron chi connectivity index (χ1n) is 6.05. The van der Waals surface area contributed by atoms with E-state index in [9.17, 15) is 18.3 Å². The van der Waals surface area contributed by atoms with Gasteiger partial charge in [-0.1, -0.05) is 6.92 Å². The SMILES string of the molecule is CCC(O)CCNc1cc(C(F)(F)F)cc(NC)n1. The van der Waals surface area contributed by atoms with Crippen LogP contribution >= 0.6 is 0 Å². The monoisotopic (exact) mass is 277 g/mol. The van der Waals surface area contributed by atoms with E-state index in [1.54, 1.807) is 0 Å². The van der Waals surface area contributed by atoms with Gasteiger partial charge in [0.15, 0.2) is 0 Å². The van der Waals surface area contributed by atoms with Crippen LogP contribution in [-0.4, -0.2) is 29.8 Å². The highest BCUT2D eigenvalue weighted by Gasteiger charge is 2.31. The Morgan fingerprint density at radius 3 is 2.47 bits per heavy atom. The maximum atomic E-state index is 12.7. The lowest BCUT2D eigenvalue weighted by atomic mass is 10.2. The van der Waals surface area contributed by atoms with Gasteiger partial charge in [-0.05, 0) is 25.0 Å². The second kappa shape index (κ2) is 6.60. The lowest BCUT2D eigenvalue weighted by Gasteiger charge is -2.13. The molecular weight excluding hydrogens is 259 g/mol. The van der Waals surface area contributed by atoms with Crippen molar-refractivity contribution in [2.75, 3.05) is 24.2 Å². The summed E-state index contributed by atoms with van der Waals surface area (Å²) in [4.78, 5) is 3.98. The van der Waals surface area contributed by atoms with E-state index in [1.165, 1.54) is 7.05 Å². The normalized spacial score (nSPS) is 13.2. The van der Waals surface area contributed by atoms with Crippen LogP contribution in [0.15, 0.2) is 12.1 Å². The third-order valence-electron chi connectivity index (χ3n) is 2.66. The molecule has 0 aliphatic heterocycles. The van der Waals surface area contributed by atoms with Crippen LogP contribution in [0.2, 0.25) is 0 Å². The molecule has 0 aromatic carbocycles. The van der Waals surface area contributed by atoms with Crippen molar-refractivity contribution >= 4 is 11.6 Å². The van der Waals surface area contributed by atoms with Crippen LogP contribution in [0.4, 0.5) is 24.8 Å². The second-order valence-electron chi connectivity index (χ2n) is 4.15. The maximum Gasteiger partial charge on any atom is 0.416 e. The van der Waals surface area contributed by atoms with Gasteiger partial charge in [-0.25, -0.2) is 4.98 Å². The molecule has 1 aromatic rings. The number of pyridine rings is 1. The van der Waals surface area contributed by atoms with E-state index in [2.05, 4.69) is 15.6 Å². The van der Waals surface area contributed by atoms with Crippen molar-refractivity contribution in [1.82, 2.24) is 4.98 Å². The number of nitrogens with one attached hydrogen (secondary N) is 2. The van der Waals surface area contributed by atoms with E-state index in [4.69, 9.17) is 0 Å². The Kier molecular flexibility index (Phi) is 5.41. The van der Waals surface area contributed by atoms with E-state index < -0.39 is 17.8 Å². The van der Waals surface area contributed by atoms with Crippen molar-refractivity contribution in [1.29, 1.82) is 0 Å². The summed E-state index contributed by atoms with van der Waals surface area (Å²) < 4.78 is 38.0. The van der Waals surface area contributed by atoms with Gasteiger partial charge < -0.3 is 15.7 Å². The van der Waals surface area contributed by atoms with E-state index in [-0.39, 0.29) is 11.6 Å². The van der Waals surface area contributed by atoms with Crippen molar-refractivity contribution in [2.24, 2.45) is 0 Å². The Bertz CT molecular complexity index is 410. The Morgan fingerprint density at radius 2 is 1.95 bits per heavy atom. The van der Waals surface area contributed by atoms with E-state index in [0.29, 0.717) is 19.4 Å². The predicted molar refractivity (Wildman–Crippen MR) is 68.2 cm³/mol. The largest absolute Gasteiger partial charge is 0.416 e. The van der Waals surface area contributed by atoms with Crippen LogP contribution in [-0.2, 0) is 6.18 Å². The highest BCUT2D eigenvalue weighted by molar-refractivity contribution is 5.49. The van der Waals surface area contributed by atoms with Crippen molar-refractivity contribution < 1.29 is 18.3 Å². The number of alkyl halides is 3. The zero-order valence-electron chi connectivity index (χ0n) is 10.9. The molecule has 1 aromatic heterocycles. The van der Waals surface area contributed by atoms with Crippen LogP contribution < -0.4 is 10.6 Å². The Labute approximate surface area is 110 Å². The summed E-state index contributed by atoms with van der Waals surface area (Å²) in [6.07, 6.45) is -3.79. The standard InChI is InChI=1S/C12H18F3N3O/c1-3-9(19)4-5-17-11-7-8(12(13,14)15)6-10(16-2)18-11/h6-7,9,19H,3-5H2,1-2H3,(H2,16,17,18). The number of aliphatic hydroxyl groups excluding tert-OH is 1. The molecular formula is C12H18F3N3O. The average Bonchev–Trinajstić information content (AvgIpc) is 2.37. The molecule has 0 saturated heterocycles. The van der Waals surface area contributed by atoms with Gasteiger partial charge in [-0.3, -0.25) is 0 Å². The third-order valence-corrected chi connectivity index (χ3v) is 2.66. The first-order chi connectivity index (χ1) is 8.86. The van der Waals surface area contributed by atoms with E-state index >= 15 is 0 Å². The van der Waals surface area contributed by atoms with Crippen molar-refractivity contribution in [3.05, 3.63) is 17.7 Å². The summed E-state index contributed by atoms with van der Waals surface area (Å²) in [6, 6.07) is 1.91. The molecule has 1 unspecified atom stereocenters. The zero-order valence-corrected chi connectivity index (χ0v) is 10.9. The Hall–Kier alpha value is -1.50. The molecule has 0 fully saturated rings. The summed E-state index contributed by atoms with van der Waals surface area (Å²) in [6.45, 7) is 2.21. The van der Waals surface area contributed by atoms with Crippen LogP contribution in [0.25, 0.3) is 0 Å². The average molecular weight is 277 g/mol. The van der Waals surface area contributed by atoms with Crippen molar-refractivity contribution in [3.63, 3.8) is 0 Å². The van der Waals surface area contributed by atoms with Gasteiger partial charge >= 0.3 is 6.18 Å². The Morgan fingerprint density at radius 1 is 1.32 bits per heavy atom. The van der Waals surface area contributed by atoms with Gasteiger partial charge in [0.25, 0.3) is 0 Å². The fourth-order valence-electron chi connectivity index (χ4n) is 1.48. The summed E-state index contributed by atoms with van der Waals surface area (Å²) in [5.74, 6) is 0.288. The first kappa shape index (κ1) is 15.6. The predicted octanol–water partition coefficient (Wildman–Crippen LogP) is 2.72. The topological polar surface area (TPSA) is 57.2 Å². The van der Waals surface area contributed by atoms with Crippen molar-refractivity contribution in [2.45, 2.75) is 32.0 Å². The lowest BCUT2D eigenvalue weighted by molar-refractivity contribution is -0.137. The number of aromatic nitrogens is 1. The minimum absolute atomic E-state index is 0.141. The molecule has 108 valence electrons. The summed E-state index contributed by atoms with van der Waals surface area (Å²) in [5, 5.41) is 14.7. The number of anilines is 2. The van der Waals surface area contributed by atoms with Gasteiger partial charge in [0, 0.05) is 13.6 Å². The van der Waals surface area contributed by atoms with Crippen LogP contribution in [0.5, 0.6) is 0 Å². The molecule has 0 aliphatic rings. The van der Waals surface area contributed by atoms with Gasteiger partial charge in [-0.15, -0.1) is 0 Å². The number of aliphatic hydroxyl groups is 1. The first-order valence-corrected chi connectivity index (χ1v) is 6.05. The molecule has 0 amide bonds. The molecule has 0 saturated carbocycles. The fraction of sp³-hybridized carbons (Fsp3) is 0.583. The molecule has 0 bridgehead atoms. The highest BCUT2D eigenvalue weighted by Crippen LogP contribution is 2.31. The maximum absolute atomic E-state index is 12.7. The fourth-order valence-corrected chi connectivity index (χ4v) is 1.48.